The van der Waals surface area contributed by atoms with Gasteiger partial charge in [-0.2, -0.15) is 0 Å². The van der Waals surface area contributed by atoms with E-state index >= 15 is 0 Å². The summed E-state index contributed by atoms with van der Waals surface area (Å²) in [6.07, 6.45) is 6.10. The van der Waals surface area contributed by atoms with E-state index in [0.717, 1.165) is 45.1 Å². The van der Waals surface area contributed by atoms with E-state index in [2.05, 4.69) is 18.7 Å². The van der Waals surface area contributed by atoms with Crippen molar-refractivity contribution in [2.75, 3.05) is 20.6 Å². The number of rotatable bonds is 3. The third-order valence-corrected chi connectivity index (χ3v) is 5.82. The molecule has 1 saturated carbocycles. The zero-order chi connectivity index (χ0) is 18.1. The fourth-order valence-electron chi connectivity index (χ4n) is 4.01. The quantitative estimate of drug-likeness (QED) is 0.744. The van der Waals surface area contributed by atoms with Gasteiger partial charge in [0.1, 0.15) is 0 Å². The van der Waals surface area contributed by atoms with Crippen LogP contribution in [-0.2, 0) is 9.59 Å². The molecule has 138 valence electrons. The lowest BCUT2D eigenvalue weighted by atomic mass is 9.75. The Morgan fingerprint density at radius 3 is 2.17 bits per heavy atom. The second kappa shape index (κ2) is 7.42. The number of carbonyl (C=O) groups is 2. The van der Waals surface area contributed by atoms with Crippen molar-refractivity contribution in [1.82, 2.24) is 14.9 Å². The van der Waals surface area contributed by atoms with Crippen molar-refractivity contribution in [3.8, 4) is 0 Å². The van der Waals surface area contributed by atoms with Crippen LogP contribution >= 0.6 is 0 Å². The van der Waals surface area contributed by atoms with Crippen LogP contribution in [0.25, 0.3) is 0 Å². The van der Waals surface area contributed by atoms with E-state index in [0.29, 0.717) is 5.41 Å². The molecule has 0 unspecified atom stereocenters. The van der Waals surface area contributed by atoms with E-state index in [1.54, 1.807) is 17.1 Å². The van der Waals surface area contributed by atoms with Crippen LogP contribution in [0.1, 0.15) is 66.2 Å². The summed E-state index contributed by atoms with van der Waals surface area (Å²) in [4.78, 5) is 28.0. The summed E-state index contributed by atoms with van der Waals surface area (Å²) in [6, 6.07) is 0.0612. The second-order valence-electron chi connectivity index (χ2n) is 8.73. The van der Waals surface area contributed by atoms with Gasteiger partial charge in [-0.3, -0.25) is 19.5 Å². The Labute approximate surface area is 147 Å². The highest BCUT2D eigenvalue weighted by atomic mass is 16.2. The van der Waals surface area contributed by atoms with Crippen LogP contribution in [-0.4, -0.2) is 59.5 Å². The zero-order valence-electron chi connectivity index (χ0n) is 16.3. The van der Waals surface area contributed by atoms with Crippen molar-refractivity contribution < 1.29 is 9.59 Å². The number of likely N-dealkylation sites (tertiary alicyclic amines) is 1. The maximum atomic E-state index is 13.0. The van der Waals surface area contributed by atoms with Gasteiger partial charge in [0, 0.05) is 13.0 Å². The standard InChI is InChI=1S/C19H35N3O2/c1-14(2)17(23)22(15-9-11-19(3,4)12-10-15)21(6)18(24)16-8-7-13-20(16)5/h14-16H,7-13H2,1-6H3/t16-/m0/s1. The average molecular weight is 338 g/mol. The van der Waals surface area contributed by atoms with Crippen molar-refractivity contribution in [3.05, 3.63) is 0 Å². The summed E-state index contributed by atoms with van der Waals surface area (Å²) in [5.41, 5.74) is 0.345. The highest BCUT2D eigenvalue weighted by molar-refractivity contribution is 5.86. The number of hydrogen-bond donors (Lipinski definition) is 0. The third-order valence-electron chi connectivity index (χ3n) is 5.82. The molecule has 0 radical (unpaired) electrons. The Kier molecular flexibility index (Phi) is 5.95. The minimum atomic E-state index is -0.100. The van der Waals surface area contributed by atoms with E-state index in [9.17, 15) is 9.59 Å². The normalized spacial score (nSPS) is 25.0. The van der Waals surface area contributed by atoms with Gasteiger partial charge >= 0.3 is 0 Å². The van der Waals surface area contributed by atoms with Gasteiger partial charge in [0.25, 0.3) is 5.91 Å². The number of hydrogen-bond acceptors (Lipinski definition) is 3. The summed E-state index contributed by atoms with van der Waals surface area (Å²) >= 11 is 0. The Bertz CT molecular complexity index is 465. The molecule has 2 fully saturated rings. The maximum absolute atomic E-state index is 13.0. The van der Waals surface area contributed by atoms with Gasteiger partial charge in [0.05, 0.1) is 12.1 Å². The molecular weight excluding hydrogens is 302 g/mol. The first-order valence-electron chi connectivity index (χ1n) is 9.45. The van der Waals surface area contributed by atoms with Gasteiger partial charge in [-0.05, 0) is 57.5 Å². The zero-order valence-corrected chi connectivity index (χ0v) is 16.3. The predicted molar refractivity (Wildman–Crippen MR) is 96.1 cm³/mol. The van der Waals surface area contributed by atoms with E-state index in [4.69, 9.17) is 0 Å². The molecule has 0 aromatic rings. The SMILES string of the molecule is CC(C)C(=O)N(C1CCC(C)(C)CC1)N(C)C(=O)[C@@H]1CCCN1C. The Morgan fingerprint density at radius 2 is 1.71 bits per heavy atom. The van der Waals surface area contributed by atoms with Crippen molar-refractivity contribution in [2.24, 2.45) is 11.3 Å². The molecule has 24 heavy (non-hydrogen) atoms. The largest absolute Gasteiger partial charge is 0.295 e. The summed E-state index contributed by atoms with van der Waals surface area (Å²) in [5.74, 6) is 0.0292. The smallest absolute Gasteiger partial charge is 0.258 e. The topological polar surface area (TPSA) is 43.9 Å². The summed E-state index contributed by atoms with van der Waals surface area (Å²) in [6.45, 7) is 9.38. The minimum Gasteiger partial charge on any atom is -0.295 e. The number of nitrogens with zero attached hydrogens (tertiary/aromatic N) is 3. The Balaban J connectivity index is 2.16. The first kappa shape index (κ1) is 19.2. The third kappa shape index (κ3) is 4.11. The van der Waals surface area contributed by atoms with Crippen LogP contribution in [0.3, 0.4) is 0 Å². The van der Waals surface area contributed by atoms with Crippen molar-refractivity contribution >= 4 is 11.8 Å². The maximum Gasteiger partial charge on any atom is 0.258 e. The number of carbonyl (C=O) groups excluding carboxylic acids is 2. The van der Waals surface area contributed by atoms with Crippen molar-refractivity contribution in [3.63, 3.8) is 0 Å². The molecule has 5 heteroatoms. The molecule has 2 aliphatic rings. The molecule has 1 saturated heterocycles. The summed E-state index contributed by atoms with van der Waals surface area (Å²) < 4.78 is 0. The van der Waals surface area contributed by atoms with Crippen LogP contribution in [0.4, 0.5) is 0 Å². The molecule has 5 nitrogen and oxygen atoms in total. The number of amides is 2. The first-order valence-corrected chi connectivity index (χ1v) is 9.45. The average Bonchev–Trinajstić information content (AvgIpc) is 2.94. The molecule has 2 amide bonds. The highest BCUT2D eigenvalue weighted by Gasteiger charge is 2.39. The molecule has 1 heterocycles. The molecule has 1 aliphatic carbocycles. The summed E-state index contributed by atoms with van der Waals surface area (Å²) in [5, 5.41) is 3.42. The fourth-order valence-corrected chi connectivity index (χ4v) is 4.01. The van der Waals surface area contributed by atoms with Gasteiger partial charge in [0.2, 0.25) is 5.91 Å². The molecule has 1 atom stereocenters. The lowest BCUT2D eigenvalue weighted by molar-refractivity contribution is -0.173. The predicted octanol–water partition coefficient (Wildman–Crippen LogP) is 2.91. The van der Waals surface area contributed by atoms with Crippen molar-refractivity contribution in [2.45, 2.75) is 78.3 Å². The molecule has 0 N–H and O–H groups in total. The van der Waals surface area contributed by atoms with E-state index in [-0.39, 0.29) is 29.8 Å². The highest BCUT2D eigenvalue weighted by Crippen LogP contribution is 2.37. The van der Waals surface area contributed by atoms with E-state index in [1.165, 1.54) is 0 Å². The summed E-state index contributed by atoms with van der Waals surface area (Å²) in [7, 11) is 3.79. The second-order valence-corrected chi connectivity index (χ2v) is 8.73. The van der Waals surface area contributed by atoms with Gasteiger partial charge in [-0.25, -0.2) is 5.01 Å². The Hall–Kier alpha value is -1.10. The molecule has 1 aliphatic heterocycles. The van der Waals surface area contributed by atoms with Crippen LogP contribution in [0.15, 0.2) is 0 Å². The molecule has 0 spiro atoms. The van der Waals surface area contributed by atoms with Gasteiger partial charge in [-0.1, -0.05) is 27.7 Å². The molecule has 0 aromatic carbocycles. The van der Waals surface area contributed by atoms with Crippen LogP contribution in [0.5, 0.6) is 0 Å². The Morgan fingerprint density at radius 1 is 1.12 bits per heavy atom. The molecule has 0 bridgehead atoms. The van der Waals surface area contributed by atoms with Crippen LogP contribution < -0.4 is 0 Å². The van der Waals surface area contributed by atoms with E-state index in [1.807, 2.05) is 20.9 Å². The lowest BCUT2D eigenvalue weighted by Gasteiger charge is -2.45. The molecular formula is C19H35N3O2. The lowest BCUT2D eigenvalue weighted by Crippen LogP contribution is -2.58. The minimum absolute atomic E-state index is 0.0637. The fraction of sp³-hybridized carbons (Fsp3) is 0.895. The first-order chi connectivity index (χ1) is 11.1. The van der Waals surface area contributed by atoms with E-state index < -0.39 is 0 Å². The monoisotopic (exact) mass is 337 g/mol. The van der Waals surface area contributed by atoms with Crippen molar-refractivity contribution in [1.29, 1.82) is 0 Å². The van der Waals surface area contributed by atoms with Crippen LogP contribution in [0, 0.1) is 11.3 Å². The molecule has 0 aromatic heterocycles. The van der Waals surface area contributed by atoms with Gasteiger partial charge in [-0.15, -0.1) is 0 Å². The van der Waals surface area contributed by atoms with Crippen LogP contribution in [0.2, 0.25) is 0 Å². The molecule has 2 rings (SSSR count). The van der Waals surface area contributed by atoms with Gasteiger partial charge in [0.15, 0.2) is 0 Å². The number of likely N-dealkylation sites (N-methyl/N-ethyl adjacent to an activating group) is 2. The number of hydrazine groups is 1. The van der Waals surface area contributed by atoms with Gasteiger partial charge < -0.3 is 0 Å².